The van der Waals surface area contributed by atoms with Gasteiger partial charge in [0.15, 0.2) is 0 Å². The lowest BCUT2D eigenvalue weighted by Crippen LogP contribution is -1.92. The van der Waals surface area contributed by atoms with Crippen LogP contribution >= 0.6 is 0 Å². The van der Waals surface area contributed by atoms with Crippen LogP contribution in [0.5, 0.6) is 11.5 Å². The van der Waals surface area contributed by atoms with Gasteiger partial charge in [-0.3, -0.25) is 4.98 Å². The van der Waals surface area contributed by atoms with Gasteiger partial charge in [-0.15, -0.1) is 0 Å². The fraction of sp³-hybridized carbons (Fsp3) is 0.154. The summed E-state index contributed by atoms with van der Waals surface area (Å²) in [4.78, 5) is 3.91. The summed E-state index contributed by atoms with van der Waals surface area (Å²) in [7, 11) is 0. The van der Waals surface area contributed by atoms with Gasteiger partial charge in [-0.1, -0.05) is 12.1 Å². The predicted molar refractivity (Wildman–Crippen MR) is 62.6 cm³/mol. The van der Waals surface area contributed by atoms with Crippen LogP contribution in [0.1, 0.15) is 11.1 Å². The fourth-order valence-electron chi connectivity index (χ4n) is 1.42. The van der Waals surface area contributed by atoms with Crippen molar-refractivity contribution < 1.29 is 14.9 Å². The maximum Gasteiger partial charge on any atom is 0.136 e. The molecule has 0 saturated carbocycles. The highest BCUT2D eigenvalue weighted by atomic mass is 16.5. The van der Waals surface area contributed by atoms with Gasteiger partial charge in [0.2, 0.25) is 0 Å². The van der Waals surface area contributed by atoms with E-state index in [-0.39, 0.29) is 13.2 Å². The standard InChI is InChI=1S/C13H13NO3/c15-8-10-1-3-12(4-2-10)17-13-5-6-14-7-11(13)9-16/h1-7,15-16H,8-9H2. The first-order valence-corrected chi connectivity index (χ1v) is 5.25. The summed E-state index contributed by atoms with van der Waals surface area (Å²) in [6.07, 6.45) is 3.17. The molecule has 1 aromatic heterocycles. The number of benzene rings is 1. The monoisotopic (exact) mass is 231 g/mol. The lowest BCUT2D eigenvalue weighted by molar-refractivity contribution is 0.276. The summed E-state index contributed by atoms with van der Waals surface area (Å²) in [5, 5.41) is 18.0. The molecule has 0 amide bonds. The van der Waals surface area contributed by atoms with Crippen LogP contribution in [-0.2, 0) is 13.2 Å². The number of ether oxygens (including phenoxy) is 1. The van der Waals surface area contributed by atoms with Crippen LogP contribution in [0.25, 0.3) is 0 Å². The SMILES string of the molecule is OCc1ccc(Oc2ccncc2CO)cc1. The molecular formula is C13H13NO3. The zero-order valence-corrected chi connectivity index (χ0v) is 9.21. The summed E-state index contributed by atoms with van der Waals surface area (Å²) in [6, 6.07) is 8.82. The predicted octanol–water partition coefficient (Wildman–Crippen LogP) is 1.86. The highest BCUT2D eigenvalue weighted by molar-refractivity contribution is 5.36. The zero-order valence-electron chi connectivity index (χ0n) is 9.21. The fourth-order valence-corrected chi connectivity index (χ4v) is 1.42. The molecule has 0 atom stereocenters. The van der Waals surface area contributed by atoms with Gasteiger partial charge in [-0.2, -0.15) is 0 Å². The van der Waals surface area contributed by atoms with Crippen LogP contribution in [0.4, 0.5) is 0 Å². The molecule has 0 saturated heterocycles. The molecule has 0 spiro atoms. The molecule has 2 aromatic rings. The smallest absolute Gasteiger partial charge is 0.136 e. The average Bonchev–Trinajstić information content (AvgIpc) is 2.40. The first kappa shape index (κ1) is 11.6. The van der Waals surface area contributed by atoms with Crippen LogP contribution < -0.4 is 4.74 Å². The highest BCUT2D eigenvalue weighted by Gasteiger charge is 2.03. The number of hydrogen-bond acceptors (Lipinski definition) is 4. The number of pyridine rings is 1. The third-order valence-corrected chi connectivity index (χ3v) is 2.36. The number of hydrogen-bond donors (Lipinski definition) is 2. The molecule has 1 heterocycles. The lowest BCUT2D eigenvalue weighted by atomic mass is 10.2. The molecule has 0 aliphatic carbocycles. The van der Waals surface area contributed by atoms with Crippen molar-refractivity contribution in [1.82, 2.24) is 4.98 Å². The van der Waals surface area contributed by atoms with E-state index in [0.717, 1.165) is 5.56 Å². The molecule has 4 nitrogen and oxygen atoms in total. The third-order valence-electron chi connectivity index (χ3n) is 2.36. The molecule has 1 aromatic carbocycles. The molecule has 0 aliphatic heterocycles. The maximum absolute atomic E-state index is 9.13. The number of aromatic nitrogens is 1. The second-order valence-electron chi connectivity index (χ2n) is 3.55. The Morgan fingerprint density at radius 1 is 1.00 bits per heavy atom. The van der Waals surface area contributed by atoms with Gasteiger partial charge >= 0.3 is 0 Å². The molecule has 0 radical (unpaired) electrons. The Hall–Kier alpha value is -1.91. The van der Waals surface area contributed by atoms with E-state index in [1.165, 1.54) is 0 Å². The molecule has 2 rings (SSSR count). The normalized spacial score (nSPS) is 10.2. The second-order valence-corrected chi connectivity index (χ2v) is 3.55. The van der Waals surface area contributed by atoms with E-state index in [2.05, 4.69) is 4.98 Å². The van der Waals surface area contributed by atoms with Gasteiger partial charge in [0.25, 0.3) is 0 Å². The molecule has 2 N–H and O–H groups in total. The van der Waals surface area contributed by atoms with Crippen molar-refractivity contribution in [1.29, 1.82) is 0 Å². The average molecular weight is 231 g/mol. The minimum Gasteiger partial charge on any atom is -0.457 e. The van der Waals surface area contributed by atoms with Crippen molar-refractivity contribution in [3.63, 3.8) is 0 Å². The van der Waals surface area contributed by atoms with E-state index < -0.39 is 0 Å². The van der Waals surface area contributed by atoms with E-state index in [1.807, 2.05) is 0 Å². The number of aliphatic hydroxyl groups is 2. The first-order valence-electron chi connectivity index (χ1n) is 5.25. The first-order chi connectivity index (χ1) is 8.33. The summed E-state index contributed by atoms with van der Waals surface area (Å²) in [6.45, 7) is -0.102. The van der Waals surface area contributed by atoms with Crippen molar-refractivity contribution in [2.24, 2.45) is 0 Å². The molecular weight excluding hydrogens is 218 g/mol. The van der Waals surface area contributed by atoms with E-state index in [0.29, 0.717) is 17.1 Å². The van der Waals surface area contributed by atoms with Crippen molar-refractivity contribution in [3.8, 4) is 11.5 Å². The van der Waals surface area contributed by atoms with Crippen molar-refractivity contribution in [3.05, 3.63) is 53.9 Å². The van der Waals surface area contributed by atoms with Gasteiger partial charge in [-0.25, -0.2) is 0 Å². The quantitative estimate of drug-likeness (QED) is 0.843. The number of aliphatic hydroxyl groups excluding tert-OH is 2. The topological polar surface area (TPSA) is 62.6 Å². The molecule has 88 valence electrons. The number of nitrogens with zero attached hydrogens (tertiary/aromatic N) is 1. The van der Waals surface area contributed by atoms with E-state index in [9.17, 15) is 0 Å². The van der Waals surface area contributed by atoms with E-state index in [1.54, 1.807) is 42.7 Å². The van der Waals surface area contributed by atoms with Crippen LogP contribution in [-0.4, -0.2) is 15.2 Å². The number of rotatable bonds is 4. The largest absolute Gasteiger partial charge is 0.457 e. The molecule has 4 heteroatoms. The Kier molecular flexibility index (Phi) is 3.69. The van der Waals surface area contributed by atoms with Gasteiger partial charge < -0.3 is 14.9 Å². The van der Waals surface area contributed by atoms with Crippen LogP contribution in [0.3, 0.4) is 0 Å². The van der Waals surface area contributed by atoms with E-state index >= 15 is 0 Å². The second kappa shape index (κ2) is 5.43. The molecule has 17 heavy (non-hydrogen) atoms. The van der Waals surface area contributed by atoms with Crippen molar-refractivity contribution in [2.45, 2.75) is 13.2 Å². The summed E-state index contributed by atoms with van der Waals surface area (Å²) < 4.78 is 5.62. The highest BCUT2D eigenvalue weighted by Crippen LogP contribution is 2.24. The Morgan fingerprint density at radius 3 is 2.41 bits per heavy atom. The third kappa shape index (κ3) is 2.81. The molecule has 0 fully saturated rings. The van der Waals surface area contributed by atoms with Gasteiger partial charge in [0.1, 0.15) is 11.5 Å². The van der Waals surface area contributed by atoms with E-state index in [4.69, 9.17) is 14.9 Å². The summed E-state index contributed by atoms with van der Waals surface area (Å²) in [5.74, 6) is 1.24. The minimum absolute atomic E-state index is 0.0113. The summed E-state index contributed by atoms with van der Waals surface area (Å²) in [5.41, 5.74) is 1.47. The van der Waals surface area contributed by atoms with Crippen LogP contribution in [0, 0.1) is 0 Å². The molecule has 0 unspecified atom stereocenters. The van der Waals surface area contributed by atoms with Gasteiger partial charge in [-0.05, 0) is 23.8 Å². The Balaban J connectivity index is 2.19. The molecule has 0 aliphatic rings. The lowest BCUT2D eigenvalue weighted by Gasteiger charge is -2.09. The van der Waals surface area contributed by atoms with Crippen LogP contribution in [0.15, 0.2) is 42.7 Å². The van der Waals surface area contributed by atoms with Gasteiger partial charge in [0.05, 0.1) is 13.2 Å². The Bertz CT molecular complexity index is 482. The van der Waals surface area contributed by atoms with Crippen molar-refractivity contribution in [2.75, 3.05) is 0 Å². The van der Waals surface area contributed by atoms with Crippen molar-refractivity contribution >= 4 is 0 Å². The Labute approximate surface area is 99.1 Å². The molecule has 0 bridgehead atoms. The summed E-state index contributed by atoms with van der Waals surface area (Å²) >= 11 is 0. The van der Waals surface area contributed by atoms with Crippen LogP contribution in [0.2, 0.25) is 0 Å². The van der Waals surface area contributed by atoms with Gasteiger partial charge in [0, 0.05) is 18.0 Å². The minimum atomic E-state index is -0.113. The Morgan fingerprint density at radius 2 is 1.76 bits per heavy atom. The maximum atomic E-state index is 9.13. The zero-order chi connectivity index (χ0) is 12.1.